The van der Waals surface area contributed by atoms with Gasteiger partial charge in [0.2, 0.25) is 5.95 Å². The molecule has 0 amide bonds. The summed E-state index contributed by atoms with van der Waals surface area (Å²) < 4.78 is 7.26. The number of ether oxygens (including phenoxy) is 1. The van der Waals surface area contributed by atoms with Crippen molar-refractivity contribution >= 4 is 5.95 Å². The molecule has 1 aromatic heterocycles. The average molecular weight is 245 g/mol. The van der Waals surface area contributed by atoms with Crippen LogP contribution in [0.5, 0.6) is 5.75 Å². The van der Waals surface area contributed by atoms with Crippen LogP contribution in [0, 0.1) is 0 Å². The fraction of sp³-hybridized carbons (Fsp3) is 0.357. The Labute approximate surface area is 108 Å². The van der Waals surface area contributed by atoms with Gasteiger partial charge in [-0.25, -0.2) is 4.98 Å². The van der Waals surface area contributed by atoms with Crippen molar-refractivity contribution < 1.29 is 4.74 Å². The molecule has 0 spiro atoms. The van der Waals surface area contributed by atoms with Crippen molar-refractivity contribution in [3.63, 3.8) is 0 Å². The van der Waals surface area contributed by atoms with Gasteiger partial charge in [-0.3, -0.25) is 4.57 Å². The van der Waals surface area contributed by atoms with Gasteiger partial charge in [0, 0.05) is 25.0 Å². The van der Waals surface area contributed by atoms with E-state index >= 15 is 0 Å². The second-order valence-electron chi connectivity index (χ2n) is 4.10. The van der Waals surface area contributed by atoms with Crippen molar-refractivity contribution in [1.82, 2.24) is 9.55 Å². The Kier molecular flexibility index (Phi) is 4.23. The molecule has 4 nitrogen and oxygen atoms in total. The number of hydrogen-bond donors (Lipinski definition) is 1. The SMILES string of the molecule is CCCCNc1nccn1-c1cccc(OC)c1. The normalized spacial score (nSPS) is 10.3. The smallest absolute Gasteiger partial charge is 0.207 e. The molecule has 18 heavy (non-hydrogen) atoms. The number of methoxy groups -OCH3 is 1. The molecule has 1 N–H and O–H groups in total. The van der Waals surface area contributed by atoms with E-state index in [1.807, 2.05) is 35.0 Å². The Morgan fingerprint density at radius 2 is 2.28 bits per heavy atom. The molecule has 0 atom stereocenters. The fourth-order valence-corrected chi connectivity index (χ4v) is 1.78. The highest BCUT2D eigenvalue weighted by Gasteiger charge is 2.04. The second kappa shape index (κ2) is 6.10. The predicted molar refractivity (Wildman–Crippen MR) is 73.5 cm³/mol. The summed E-state index contributed by atoms with van der Waals surface area (Å²) in [5, 5.41) is 3.34. The standard InChI is InChI=1S/C14H19N3O/c1-3-4-8-15-14-16-9-10-17(14)12-6-5-7-13(11-12)18-2/h5-7,9-11H,3-4,8H2,1-2H3,(H,15,16). The zero-order chi connectivity index (χ0) is 12.8. The number of aromatic nitrogens is 2. The number of benzene rings is 1. The lowest BCUT2D eigenvalue weighted by Gasteiger charge is -2.10. The topological polar surface area (TPSA) is 39.1 Å². The number of nitrogens with one attached hydrogen (secondary N) is 1. The van der Waals surface area contributed by atoms with Gasteiger partial charge in [-0.2, -0.15) is 0 Å². The highest BCUT2D eigenvalue weighted by molar-refractivity contribution is 5.45. The van der Waals surface area contributed by atoms with Crippen LogP contribution in [0.4, 0.5) is 5.95 Å². The molecule has 2 rings (SSSR count). The lowest BCUT2D eigenvalue weighted by Crippen LogP contribution is -2.07. The summed E-state index contributed by atoms with van der Waals surface area (Å²) in [6, 6.07) is 7.94. The molecular weight excluding hydrogens is 226 g/mol. The molecule has 0 saturated carbocycles. The summed E-state index contributed by atoms with van der Waals surface area (Å²) in [4.78, 5) is 4.33. The molecule has 0 unspecified atom stereocenters. The Bertz CT molecular complexity index is 493. The summed E-state index contributed by atoms with van der Waals surface area (Å²) in [6.45, 7) is 3.12. The van der Waals surface area contributed by atoms with Crippen LogP contribution in [0.2, 0.25) is 0 Å². The minimum Gasteiger partial charge on any atom is -0.497 e. The fourth-order valence-electron chi connectivity index (χ4n) is 1.78. The third-order valence-electron chi connectivity index (χ3n) is 2.79. The molecule has 0 aliphatic heterocycles. The van der Waals surface area contributed by atoms with E-state index in [2.05, 4.69) is 17.2 Å². The number of hydrogen-bond acceptors (Lipinski definition) is 3. The molecule has 2 aromatic rings. The van der Waals surface area contributed by atoms with Crippen LogP contribution in [-0.4, -0.2) is 23.2 Å². The minimum atomic E-state index is 0.848. The van der Waals surface area contributed by atoms with Gasteiger partial charge in [0.15, 0.2) is 0 Å². The lowest BCUT2D eigenvalue weighted by molar-refractivity contribution is 0.414. The van der Waals surface area contributed by atoms with E-state index in [4.69, 9.17) is 4.74 Å². The minimum absolute atomic E-state index is 0.848. The van der Waals surface area contributed by atoms with Crippen LogP contribution in [0.25, 0.3) is 5.69 Å². The van der Waals surface area contributed by atoms with Crippen LogP contribution >= 0.6 is 0 Å². The van der Waals surface area contributed by atoms with Gasteiger partial charge < -0.3 is 10.1 Å². The molecule has 1 heterocycles. The van der Waals surface area contributed by atoms with Gasteiger partial charge in [0.1, 0.15) is 5.75 Å². The van der Waals surface area contributed by atoms with Crippen molar-refractivity contribution in [2.24, 2.45) is 0 Å². The first-order chi connectivity index (χ1) is 8.85. The van der Waals surface area contributed by atoms with E-state index in [0.29, 0.717) is 0 Å². The monoisotopic (exact) mass is 245 g/mol. The Morgan fingerprint density at radius 3 is 3.06 bits per heavy atom. The summed E-state index contributed by atoms with van der Waals surface area (Å²) in [5.74, 6) is 1.72. The summed E-state index contributed by atoms with van der Waals surface area (Å²) in [7, 11) is 1.67. The van der Waals surface area contributed by atoms with Gasteiger partial charge in [0.05, 0.1) is 12.8 Å². The molecule has 0 saturated heterocycles. The first kappa shape index (κ1) is 12.5. The first-order valence-corrected chi connectivity index (χ1v) is 6.26. The van der Waals surface area contributed by atoms with E-state index < -0.39 is 0 Å². The number of rotatable bonds is 6. The van der Waals surface area contributed by atoms with Crippen molar-refractivity contribution in [2.45, 2.75) is 19.8 Å². The molecule has 0 radical (unpaired) electrons. The number of imidazole rings is 1. The molecule has 0 aliphatic carbocycles. The maximum Gasteiger partial charge on any atom is 0.207 e. The number of nitrogens with zero attached hydrogens (tertiary/aromatic N) is 2. The zero-order valence-corrected chi connectivity index (χ0v) is 10.9. The van der Waals surface area contributed by atoms with Crippen molar-refractivity contribution in [2.75, 3.05) is 19.0 Å². The third kappa shape index (κ3) is 2.83. The van der Waals surface area contributed by atoms with E-state index in [-0.39, 0.29) is 0 Å². The Balaban J connectivity index is 2.19. The molecule has 0 fully saturated rings. The lowest BCUT2D eigenvalue weighted by atomic mass is 10.3. The van der Waals surface area contributed by atoms with Crippen molar-refractivity contribution in [3.05, 3.63) is 36.7 Å². The molecule has 1 aromatic carbocycles. The molecule has 4 heteroatoms. The summed E-state index contributed by atoms with van der Waals surface area (Å²) in [5.41, 5.74) is 1.05. The van der Waals surface area contributed by atoms with Crippen LogP contribution in [0.3, 0.4) is 0 Å². The van der Waals surface area contributed by atoms with E-state index in [9.17, 15) is 0 Å². The van der Waals surface area contributed by atoms with Crippen molar-refractivity contribution in [3.8, 4) is 11.4 Å². The van der Waals surface area contributed by atoms with Gasteiger partial charge in [-0.15, -0.1) is 0 Å². The van der Waals surface area contributed by atoms with Gasteiger partial charge in [-0.1, -0.05) is 19.4 Å². The highest BCUT2D eigenvalue weighted by atomic mass is 16.5. The van der Waals surface area contributed by atoms with Crippen LogP contribution < -0.4 is 10.1 Å². The summed E-state index contributed by atoms with van der Waals surface area (Å²) in [6.07, 6.45) is 6.06. The third-order valence-corrected chi connectivity index (χ3v) is 2.79. The van der Waals surface area contributed by atoms with Gasteiger partial charge in [-0.05, 0) is 18.6 Å². The van der Waals surface area contributed by atoms with Gasteiger partial charge >= 0.3 is 0 Å². The maximum atomic E-state index is 5.24. The predicted octanol–water partition coefficient (Wildman–Crippen LogP) is 3.09. The number of unbranched alkanes of at least 4 members (excludes halogenated alkanes) is 1. The largest absolute Gasteiger partial charge is 0.497 e. The van der Waals surface area contributed by atoms with E-state index in [0.717, 1.165) is 30.4 Å². The second-order valence-corrected chi connectivity index (χ2v) is 4.10. The number of anilines is 1. The van der Waals surface area contributed by atoms with Gasteiger partial charge in [0.25, 0.3) is 0 Å². The maximum absolute atomic E-state index is 5.24. The first-order valence-electron chi connectivity index (χ1n) is 6.26. The molecule has 96 valence electrons. The molecule has 0 bridgehead atoms. The quantitative estimate of drug-likeness (QED) is 0.795. The van der Waals surface area contributed by atoms with Crippen LogP contribution in [0.15, 0.2) is 36.7 Å². The highest BCUT2D eigenvalue weighted by Crippen LogP contribution is 2.19. The van der Waals surface area contributed by atoms with Crippen molar-refractivity contribution in [1.29, 1.82) is 0 Å². The zero-order valence-electron chi connectivity index (χ0n) is 10.9. The van der Waals surface area contributed by atoms with E-state index in [1.54, 1.807) is 13.3 Å². The van der Waals surface area contributed by atoms with Crippen LogP contribution in [-0.2, 0) is 0 Å². The van der Waals surface area contributed by atoms with E-state index in [1.165, 1.54) is 6.42 Å². The Hall–Kier alpha value is -1.97. The van der Waals surface area contributed by atoms with Crippen LogP contribution in [0.1, 0.15) is 19.8 Å². The Morgan fingerprint density at radius 1 is 1.39 bits per heavy atom. The summed E-state index contributed by atoms with van der Waals surface area (Å²) >= 11 is 0. The average Bonchev–Trinajstić information content (AvgIpc) is 2.87. The molecule has 0 aliphatic rings. The molecular formula is C14H19N3O.